The Hall–Kier alpha value is -2.31. The summed E-state index contributed by atoms with van der Waals surface area (Å²) >= 11 is 7.14. The molecule has 5 nitrogen and oxygen atoms in total. The minimum atomic E-state index is -5.82. The standard InChI is InChI=1S/C18H12ClF5N4OS2/c1-2-30-12-7-10(9-3-5-11(19)6-4-9)8-25-13(12)14(29)26-16-28-27-15(31-16)17(20,21)18(22,23)24/h3-8H,2H2,1H3,(H,26,28,29). The van der Waals surface area contributed by atoms with E-state index in [1.54, 1.807) is 30.3 Å². The van der Waals surface area contributed by atoms with Crippen molar-refractivity contribution >= 4 is 45.7 Å². The van der Waals surface area contributed by atoms with Crippen LogP contribution in [0.3, 0.4) is 0 Å². The highest BCUT2D eigenvalue weighted by Gasteiger charge is 2.61. The molecule has 0 aliphatic heterocycles. The van der Waals surface area contributed by atoms with E-state index in [9.17, 15) is 26.7 Å². The first-order valence-electron chi connectivity index (χ1n) is 8.51. The van der Waals surface area contributed by atoms with E-state index in [1.165, 1.54) is 18.0 Å². The van der Waals surface area contributed by atoms with Gasteiger partial charge in [0.2, 0.25) is 5.13 Å². The third kappa shape index (κ3) is 5.13. The van der Waals surface area contributed by atoms with E-state index in [0.29, 0.717) is 21.2 Å². The second-order valence-corrected chi connectivity index (χ2v) is 8.67. The zero-order valence-electron chi connectivity index (χ0n) is 15.5. The van der Waals surface area contributed by atoms with E-state index < -0.39 is 28.1 Å². The highest BCUT2D eigenvalue weighted by molar-refractivity contribution is 7.99. The number of carbonyl (C=O) groups excluding carboxylic acids is 1. The molecule has 164 valence electrons. The van der Waals surface area contributed by atoms with Gasteiger partial charge in [-0.3, -0.25) is 10.1 Å². The van der Waals surface area contributed by atoms with Crippen molar-refractivity contribution in [3.05, 3.63) is 52.3 Å². The highest BCUT2D eigenvalue weighted by Crippen LogP contribution is 2.45. The summed E-state index contributed by atoms with van der Waals surface area (Å²) in [5.41, 5.74) is 1.50. The molecule has 0 aliphatic carbocycles. The van der Waals surface area contributed by atoms with Crippen LogP contribution < -0.4 is 5.32 Å². The van der Waals surface area contributed by atoms with Crippen LogP contribution in [0.5, 0.6) is 0 Å². The number of rotatable bonds is 6. The van der Waals surface area contributed by atoms with E-state index in [4.69, 9.17) is 11.6 Å². The summed E-state index contributed by atoms with van der Waals surface area (Å²) in [4.78, 5) is 17.2. The first-order valence-corrected chi connectivity index (χ1v) is 10.7. The van der Waals surface area contributed by atoms with Gasteiger partial charge in [0, 0.05) is 21.7 Å². The predicted molar refractivity (Wildman–Crippen MR) is 109 cm³/mol. The Morgan fingerprint density at radius 1 is 1.13 bits per heavy atom. The molecular weight excluding hydrogens is 483 g/mol. The van der Waals surface area contributed by atoms with Gasteiger partial charge in [-0.25, -0.2) is 4.98 Å². The van der Waals surface area contributed by atoms with Crippen LogP contribution >= 0.6 is 34.7 Å². The van der Waals surface area contributed by atoms with Gasteiger partial charge >= 0.3 is 12.1 Å². The molecule has 2 heterocycles. The van der Waals surface area contributed by atoms with Crippen molar-refractivity contribution in [3.63, 3.8) is 0 Å². The Morgan fingerprint density at radius 2 is 1.81 bits per heavy atom. The van der Waals surface area contributed by atoms with Crippen molar-refractivity contribution in [2.45, 2.75) is 23.9 Å². The molecule has 0 saturated heterocycles. The topological polar surface area (TPSA) is 67.8 Å². The molecule has 3 rings (SSSR count). The number of hydrogen-bond acceptors (Lipinski definition) is 6. The number of nitrogens with zero attached hydrogens (tertiary/aromatic N) is 3. The number of amides is 1. The normalized spacial score (nSPS) is 12.1. The summed E-state index contributed by atoms with van der Waals surface area (Å²) in [5, 5.41) is 6.76. The molecule has 3 aromatic rings. The Balaban J connectivity index is 1.85. The summed E-state index contributed by atoms with van der Waals surface area (Å²) in [7, 11) is 0. The van der Waals surface area contributed by atoms with E-state index >= 15 is 0 Å². The smallest absolute Gasteiger partial charge is 0.295 e. The highest BCUT2D eigenvalue weighted by atomic mass is 35.5. The molecule has 0 fully saturated rings. The number of thioether (sulfide) groups is 1. The van der Waals surface area contributed by atoms with Crippen molar-refractivity contribution in [2.75, 3.05) is 11.1 Å². The molecule has 0 radical (unpaired) electrons. The zero-order valence-corrected chi connectivity index (χ0v) is 17.9. The lowest BCUT2D eigenvalue weighted by Crippen LogP contribution is -2.33. The quantitative estimate of drug-likeness (QED) is 0.323. The summed E-state index contributed by atoms with van der Waals surface area (Å²) in [6, 6.07) is 8.69. The van der Waals surface area contributed by atoms with Crippen LogP contribution in [-0.4, -0.2) is 33.0 Å². The first-order chi connectivity index (χ1) is 14.5. The SMILES string of the molecule is CCSc1cc(-c2ccc(Cl)cc2)cnc1C(=O)Nc1nnc(C(F)(F)C(F)(F)F)s1. The van der Waals surface area contributed by atoms with Gasteiger partial charge in [0.25, 0.3) is 5.91 Å². The predicted octanol–water partition coefficient (Wildman–Crippen LogP) is 6.27. The molecule has 1 aromatic carbocycles. The minimum absolute atomic E-state index is 0.0242. The third-order valence-electron chi connectivity index (χ3n) is 3.82. The second-order valence-electron chi connectivity index (χ2n) is 5.95. The molecule has 1 amide bonds. The number of benzene rings is 1. The molecular formula is C18H12ClF5N4OS2. The van der Waals surface area contributed by atoms with Crippen LogP contribution in [0.1, 0.15) is 22.4 Å². The second kappa shape index (κ2) is 9.05. The molecule has 2 aromatic heterocycles. The van der Waals surface area contributed by atoms with Crippen LogP contribution in [0, 0.1) is 0 Å². The van der Waals surface area contributed by atoms with Crippen LogP contribution in [0.15, 0.2) is 41.4 Å². The first kappa shape index (κ1) is 23.4. The molecule has 0 atom stereocenters. The monoisotopic (exact) mass is 494 g/mol. The maximum Gasteiger partial charge on any atom is 0.460 e. The lowest BCUT2D eigenvalue weighted by atomic mass is 10.1. The summed E-state index contributed by atoms with van der Waals surface area (Å²) in [6.45, 7) is 1.86. The van der Waals surface area contributed by atoms with Crippen LogP contribution in [0.4, 0.5) is 27.1 Å². The van der Waals surface area contributed by atoms with E-state index in [0.717, 1.165) is 5.56 Å². The third-order valence-corrected chi connectivity index (χ3v) is 5.89. The zero-order chi connectivity index (χ0) is 22.8. The van der Waals surface area contributed by atoms with E-state index in [-0.39, 0.29) is 17.0 Å². The molecule has 0 bridgehead atoms. The van der Waals surface area contributed by atoms with Crippen molar-refractivity contribution < 1.29 is 26.7 Å². The van der Waals surface area contributed by atoms with Gasteiger partial charge in [-0.2, -0.15) is 22.0 Å². The van der Waals surface area contributed by atoms with Crippen molar-refractivity contribution in [3.8, 4) is 11.1 Å². The fourth-order valence-corrected chi connectivity index (χ4v) is 4.02. The lowest BCUT2D eigenvalue weighted by Gasteiger charge is -2.15. The molecule has 31 heavy (non-hydrogen) atoms. The Morgan fingerprint density at radius 3 is 2.42 bits per heavy atom. The number of halogens is 6. The molecule has 13 heteroatoms. The number of aromatic nitrogens is 3. The van der Waals surface area contributed by atoms with E-state index in [1.807, 2.05) is 6.92 Å². The van der Waals surface area contributed by atoms with Gasteiger partial charge in [-0.15, -0.1) is 22.0 Å². The fourth-order valence-electron chi connectivity index (χ4n) is 2.36. The van der Waals surface area contributed by atoms with Crippen molar-refractivity contribution in [2.24, 2.45) is 0 Å². The van der Waals surface area contributed by atoms with Crippen LogP contribution in [0.25, 0.3) is 11.1 Å². The van der Waals surface area contributed by atoms with Crippen molar-refractivity contribution in [1.82, 2.24) is 15.2 Å². The van der Waals surface area contributed by atoms with Crippen LogP contribution in [0.2, 0.25) is 5.02 Å². The summed E-state index contributed by atoms with van der Waals surface area (Å²) in [5.74, 6) is -5.38. The molecule has 0 aliphatic rings. The number of pyridine rings is 1. The van der Waals surface area contributed by atoms with Gasteiger partial charge in [-0.05, 0) is 29.5 Å². The molecule has 1 N–H and O–H groups in total. The Bertz CT molecular complexity index is 1090. The molecule has 0 unspecified atom stereocenters. The van der Waals surface area contributed by atoms with Gasteiger partial charge in [-0.1, -0.05) is 42.0 Å². The Kier molecular flexibility index (Phi) is 6.82. The number of anilines is 1. The lowest BCUT2D eigenvalue weighted by molar-refractivity contribution is -0.289. The average molecular weight is 495 g/mol. The van der Waals surface area contributed by atoms with Gasteiger partial charge in [0.1, 0.15) is 5.69 Å². The summed E-state index contributed by atoms with van der Waals surface area (Å²) < 4.78 is 64.2. The van der Waals surface area contributed by atoms with Crippen LogP contribution in [-0.2, 0) is 5.92 Å². The van der Waals surface area contributed by atoms with E-state index in [2.05, 4.69) is 20.5 Å². The minimum Gasteiger partial charge on any atom is -0.295 e. The van der Waals surface area contributed by atoms with Gasteiger partial charge in [0.05, 0.1) is 0 Å². The van der Waals surface area contributed by atoms with Gasteiger partial charge < -0.3 is 0 Å². The maximum atomic E-state index is 13.4. The Labute approximate surface area is 186 Å². The van der Waals surface area contributed by atoms with Crippen molar-refractivity contribution in [1.29, 1.82) is 0 Å². The fraction of sp³-hybridized carbons (Fsp3) is 0.222. The largest absolute Gasteiger partial charge is 0.460 e. The number of carbonyl (C=O) groups is 1. The average Bonchev–Trinajstić information content (AvgIpc) is 3.17. The molecule has 0 saturated carbocycles. The number of hydrogen-bond donors (Lipinski definition) is 1. The number of nitrogens with one attached hydrogen (secondary N) is 1. The molecule has 0 spiro atoms. The van der Waals surface area contributed by atoms with Gasteiger partial charge in [0.15, 0.2) is 5.01 Å². The maximum absolute atomic E-state index is 13.4. The number of alkyl halides is 5. The summed E-state index contributed by atoms with van der Waals surface area (Å²) in [6.07, 6.45) is -4.38.